The number of nitrogens with one attached hydrogen (secondary N) is 1. The summed E-state index contributed by atoms with van der Waals surface area (Å²) in [5.74, 6) is -0.208. The third-order valence-electron chi connectivity index (χ3n) is 5.67. The predicted molar refractivity (Wildman–Crippen MR) is 129 cm³/mol. The first-order chi connectivity index (χ1) is 16.0. The summed E-state index contributed by atoms with van der Waals surface area (Å²) in [6.45, 7) is 0. The summed E-state index contributed by atoms with van der Waals surface area (Å²) in [4.78, 5) is 15.7. The molecule has 1 atom stereocenters. The van der Waals surface area contributed by atoms with Crippen molar-refractivity contribution >= 4 is 32.9 Å². The third-order valence-corrected chi connectivity index (χ3v) is 8.58. The number of methoxy groups -OCH3 is 1. The average Bonchev–Trinajstić information content (AvgIpc) is 3.49. The molecule has 0 bridgehead atoms. The molecule has 1 N–H and O–H groups in total. The van der Waals surface area contributed by atoms with Crippen LogP contribution in [-0.4, -0.2) is 32.5 Å². The molecule has 0 fully saturated rings. The highest BCUT2D eigenvalue weighted by molar-refractivity contribution is 7.91. The lowest BCUT2D eigenvalue weighted by atomic mass is 9.95. The van der Waals surface area contributed by atoms with Crippen LogP contribution in [-0.2, 0) is 32.4 Å². The van der Waals surface area contributed by atoms with Crippen molar-refractivity contribution in [3.8, 4) is 0 Å². The number of pyridine rings is 1. The van der Waals surface area contributed by atoms with Gasteiger partial charge < -0.3 is 4.74 Å². The predicted octanol–water partition coefficient (Wildman–Crippen LogP) is 4.36. The van der Waals surface area contributed by atoms with Gasteiger partial charge in [-0.1, -0.05) is 36.4 Å². The van der Waals surface area contributed by atoms with E-state index in [4.69, 9.17) is 4.74 Å². The molecular formula is C25H26N2O4S2. The Bertz CT molecular complexity index is 1240. The van der Waals surface area contributed by atoms with E-state index < -0.39 is 10.0 Å². The summed E-state index contributed by atoms with van der Waals surface area (Å²) in [7, 11) is -2.10. The molecule has 1 aliphatic carbocycles. The molecule has 172 valence electrons. The molecule has 0 radical (unpaired) electrons. The van der Waals surface area contributed by atoms with Gasteiger partial charge in [-0.15, -0.1) is 11.3 Å². The van der Waals surface area contributed by atoms with Gasteiger partial charge in [0, 0.05) is 30.4 Å². The number of rotatable bonds is 9. The maximum atomic E-state index is 12.6. The van der Waals surface area contributed by atoms with Crippen molar-refractivity contribution in [2.24, 2.45) is 0 Å². The van der Waals surface area contributed by atoms with Crippen LogP contribution in [0.2, 0.25) is 0 Å². The number of hydrogen-bond donors (Lipinski definition) is 1. The molecule has 0 amide bonds. The van der Waals surface area contributed by atoms with Crippen molar-refractivity contribution in [2.45, 2.75) is 42.4 Å². The van der Waals surface area contributed by atoms with Gasteiger partial charge in [0.1, 0.15) is 4.21 Å². The Kier molecular flexibility index (Phi) is 7.37. The second-order valence-electron chi connectivity index (χ2n) is 7.97. The molecule has 1 aromatic carbocycles. The van der Waals surface area contributed by atoms with Gasteiger partial charge in [0.25, 0.3) is 0 Å². The largest absolute Gasteiger partial charge is 0.469 e. The molecule has 1 aliphatic rings. The monoisotopic (exact) mass is 482 g/mol. The Labute approximate surface area is 198 Å². The van der Waals surface area contributed by atoms with Crippen LogP contribution in [0.1, 0.15) is 41.5 Å². The second-order valence-corrected chi connectivity index (χ2v) is 10.9. The summed E-state index contributed by atoms with van der Waals surface area (Å²) in [6, 6.07) is 13.4. The number of carbonyl (C=O) groups is 1. The zero-order valence-electron chi connectivity index (χ0n) is 18.4. The van der Waals surface area contributed by atoms with E-state index in [1.165, 1.54) is 18.4 Å². The van der Waals surface area contributed by atoms with Gasteiger partial charge in [-0.3, -0.25) is 9.78 Å². The zero-order valence-corrected chi connectivity index (χ0v) is 20.0. The van der Waals surface area contributed by atoms with Gasteiger partial charge in [-0.2, -0.15) is 0 Å². The fraction of sp³-hybridized carbons (Fsp3) is 0.280. The Balaban J connectivity index is 1.53. The van der Waals surface area contributed by atoms with Gasteiger partial charge in [-0.25, -0.2) is 13.1 Å². The minimum atomic E-state index is -3.50. The maximum absolute atomic E-state index is 12.6. The topological polar surface area (TPSA) is 85.4 Å². The number of ether oxygens (including phenoxy) is 1. The van der Waals surface area contributed by atoms with E-state index in [1.807, 2.05) is 18.3 Å². The van der Waals surface area contributed by atoms with Crippen LogP contribution < -0.4 is 4.72 Å². The second kappa shape index (κ2) is 10.4. The Morgan fingerprint density at radius 2 is 2.03 bits per heavy atom. The Morgan fingerprint density at radius 3 is 2.76 bits per heavy atom. The average molecular weight is 483 g/mol. The summed E-state index contributed by atoms with van der Waals surface area (Å²) in [6.07, 6.45) is 8.84. The summed E-state index contributed by atoms with van der Waals surface area (Å²) < 4.78 is 33.2. The quantitative estimate of drug-likeness (QED) is 0.362. The summed E-state index contributed by atoms with van der Waals surface area (Å²) >= 11 is 1.22. The van der Waals surface area contributed by atoms with Crippen LogP contribution in [0.4, 0.5) is 0 Å². The molecule has 8 heteroatoms. The molecule has 2 heterocycles. The number of sulfonamides is 1. The molecule has 0 aliphatic heterocycles. The van der Waals surface area contributed by atoms with Crippen LogP contribution in [0.5, 0.6) is 0 Å². The number of fused-ring (bicyclic) bond motifs is 1. The van der Waals surface area contributed by atoms with Gasteiger partial charge in [0.2, 0.25) is 10.0 Å². The van der Waals surface area contributed by atoms with Crippen molar-refractivity contribution in [1.29, 1.82) is 0 Å². The first kappa shape index (κ1) is 23.4. The molecule has 33 heavy (non-hydrogen) atoms. The van der Waals surface area contributed by atoms with Crippen molar-refractivity contribution < 1.29 is 17.9 Å². The summed E-state index contributed by atoms with van der Waals surface area (Å²) in [5.41, 5.74) is 5.42. The fourth-order valence-electron chi connectivity index (χ4n) is 4.08. The van der Waals surface area contributed by atoms with Crippen LogP contribution in [0, 0.1) is 0 Å². The lowest BCUT2D eigenvalue weighted by Gasteiger charge is -2.11. The molecule has 0 saturated carbocycles. The summed E-state index contributed by atoms with van der Waals surface area (Å²) in [5, 5.41) is 1.77. The van der Waals surface area contributed by atoms with Crippen molar-refractivity contribution in [3.63, 3.8) is 0 Å². The lowest BCUT2D eigenvalue weighted by Crippen LogP contribution is -2.34. The van der Waals surface area contributed by atoms with E-state index >= 15 is 0 Å². The highest BCUT2D eigenvalue weighted by Gasteiger charge is 2.27. The highest BCUT2D eigenvalue weighted by atomic mass is 32.2. The first-order valence-corrected chi connectivity index (χ1v) is 13.2. The molecule has 6 nitrogen and oxygen atoms in total. The van der Waals surface area contributed by atoms with E-state index in [0.29, 0.717) is 29.9 Å². The fourth-order valence-corrected chi connectivity index (χ4v) is 6.33. The number of benzene rings is 1. The zero-order chi connectivity index (χ0) is 23.3. The molecule has 3 aromatic rings. The van der Waals surface area contributed by atoms with Crippen LogP contribution in [0.25, 0.3) is 5.57 Å². The number of hydrogen-bond acceptors (Lipinski definition) is 6. The standard InChI is InChI=1S/C25H26N2O4S2/c1-31-24(28)8-3-2-7-23(20-6-4-12-26-17-20)19-11-10-18-15-22(16-21(18)14-19)27-33(29,30)25-9-5-13-32-25/h4-7,9-14,17,22,27H,2-3,8,15-16H2,1H3. The highest BCUT2D eigenvalue weighted by Crippen LogP contribution is 2.30. The van der Waals surface area contributed by atoms with Gasteiger partial charge in [-0.05, 0) is 65.5 Å². The number of unbranched alkanes of at least 4 members (excludes halogenated alkanes) is 1. The molecule has 0 saturated heterocycles. The van der Waals surface area contributed by atoms with Crippen molar-refractivity contribution in [3.05, 3.63) is 88.6 Å². The molecular weight excluding hydrogens is 456 g/mol. The SMILES string of the molecule is COC(=O)CCCC=C(c1cccnc1)c1ccc2c(c1)CC(NS(=O)(=O)c1cccs1)C2. The van der Waals surface area contributed by atoms with E-state index in [-0.39, 0.29) is 12.0 Å². The Morgan fingerprint density at radius 1 is 1.18 bits per heavy atom. The first-order valence-electron chi connectivity index (χ1n) is 10.8. The van der Waals surface area contributed by atoms with Crippen LogP contribution >= 0.6 is 11.3 Å². The van der Waals surface area contributed by atoms with Gasteiger partial charge in [0.15, 0.2) is 0 Å². The van der Waals surface area contributed by atoms with E-state index in [0.717, 1.165) is 34.2 Å². The minimum absolute atomic E-state index is 0.159. The Hall–Kier alpha value is -2.81. The van der Waals surface area contributed by atoms with E-state index in [1.54, 1.807) is 23.7 Å². The van der Waals surface area contributed by atoms with Crippen LogP contribution in [0.3, 0.4) is 0 Å². The third kappa shape index (κ3) is 5.76. The smallest absolute Gasteiger partial charge is 0.305 e. The molecule has 2 aromatic heterocycles. The minimum Gasteiger partial charge on any atom is -0.469 e. The lowest BCUT2D eigenvalue weighted by molar-refractivity contribution is -0.140. The normalized spacial score (nSPS) is 15.9. The van der Waals surface area contributed by atoms with Gasteiger partial charge >= 0.3 is 5.97 Å². The molecule has 1 unspecified atom stereocenters. The molecule has 0 spiro atoms. The van der Waals surface area contributed by atoms with E-state index in [9.17, 15) is 13.2 Å². The van der Waals surface area contributed by atoms with Gasteiger partial charge in [0.05, 0.1) is 7.11 Å². The maximum Gasteiger partial charge on any atom is 0.305 e. The van der Waals surface area contributed by atoms with Crippen molar-refractivity contribution in [1.82, 2.24) is 9.71 Å². The number of carbonyl (C=O) groups excluding carboxylic acids is 1. The number of thiophene rings is 1. The number of aromatic nitrogens is 1. The van der Waals surface area contributed by atoms with Crippen molar-refractivity contribution in [2.75, 3.05) is 7.11 Å². The molecule has 4 rings (SSSR count). The van der Waals surface area contributed by atoms with E-state index in [2.05, 4.69) is 34.0 Å². The number of allylic oxidation sites excluding steroid dienone is 1. The number of nitrogens with zero attached hydrogens (tertiary/aromatic N) is 1. The van der Waals surface area contributed by atoms with Crippen LogP contribution in [0.15, 0.2) is 70.5 Å². The number of esters is 1.